The van der Waals surface area contributed by atoms with Crippen molar-refractivity contribution < 1.29 is 0 Å². The van der Waals surface area contributed by atoms with Gasteiger partial charge in [-0.15, -0.1) is 0 Å². The van der Waals surface area contributed by atoms with Crippen molar-refractivity contribution in [3.8, 4) is 0 Å². The van der Waals surface area contributed by atoms with Gasteiger partial charge in [0, 0.05) is 25.2 Å². The zero-order valence-electron chi connectivity index (χ0n) is 12.6. The highest BCUT2D eigenvalue weighted by Crippen LogP contribution is 2.40. The van der Waals surface area contributed by atoms with Gasteiger partial charge in [-0.05, 0) is 44.7 Å². The SMILES string of the molecule is CCC(C)N(C)CCNC(c1ccccc1)C1CC1. The molecule has 0 amide bonds. The molecule has 0 saturated heterocycles. The summed E-state index contributed by atoms with van der Waals surface area (Å²) in [7, 11) is 2.23. The Labute approximate surface area is 118 Å². The normalized spacial score (nSPS) is 18.5. The Hall–Kier alpha value is -0.860. The molecule has 2 unspecified atom stereocenters. The Morgan fingerprint density at radius 2 is 1.95 bits per heavy atom. The molecule has 0 aliphatic heterocycles. The summed E-state index contributed by atoms with van der Waals surface area (Å²) < 4.78 is 0. The Morgan fingerprint density at radius 3 is 2.53 bits per heavy atom. The fraction of sp³-hybridized carbons (Fsp3) is 0.647. The third-order valence-electron chi connectivity index (χ3n) is 4.42. The number of hydrogen-bond acceptors (Lipinski definition) is 2. The highest BCUT2D eigenvalue weighted by atomic mass is 15.1. The first-order valence-corrected chi connectivity index (χ1v) is 7.71. The van der Waals surface area contributed by atoms with Gasteiger partial charge in [0.25, 0.3) is 0 Å². The van der Waals surface area contributed by atoms with E-state index in [4.69, 9.17) is 0 Å². The van der Waals surface area contributed by atoms with Gasteiger partial charge in [0.1, 0.15) is 0 Å². The van der Waals surface area contributed by atoms with Crippen LogP contribution in [0.4, 0.5) is 0 Å². The van der Waals surface area contributed by atoms with Crippen LogP contribution >= 0.6 is 0 Å². The van der Waals surface area contributed by atoms with Gasteiger partial charge in [0.2, 0.25) is 0 Å². The first-order valence-electron chi connectivity index (χ1n) is 7.71. The molecule has 0 spiro atoms. The monoisotopic (exact) mass is 260 g/mol. The van der Waals surface area contributed by atoms with Crippen LogP contribution in [0.2, 0.25) is 0 Å². The Morgan fingerprint density at radius 1 is 1.26 bits per heavy atom. The zero-order valence-corrected chi connectivity index (χ0v) is 12.6. The number of hydrogen-bond donors (Lipinski definition) is 1. The average molecular weight is 260 g/mol. The van der Waals surface area contributed by atoms with E-state index in [1.165, 1.54) is 24.8 Å². The molecule has 1 aliphatic rings. The molecule has 2 rings (SSSR count). The molecular formula is C17H28N2. The predicted octanol–water partition coefficient (Wildman–Crippen LogP) is 3.46. The number of likely N-dealkylation sites (N-methyl/N-ethyl adjacent to an activating group) is 1. The Bertz CT molecular complexity index is 359. The van der Waals surface area contributed by atoms with Gasteiger partial charge in [-0.3, -0.25) is 0 Å². The lowest BCUT2D eigenvalue weighted by Crippen LogP contribution is -2.36. The van der Waals surface area contributed by atoms with E-state index in [2.05, 4.69) is 61.4 Å². The summed E-state index contributed by atoms with van der Waals surface area (Å²) in [4.78, 5) is 2.45. The van der Waals surface area contributed by atoms with Crippen LogP contribution in [-0.2, 0) is 0 Å². The molecule has 0 radical (unpaired) electrons. The highest BCUT2D eigenvalue weighted by molar-refractivity contribution is 5.21. The molecule has 1 saturated carbocycles. The topological polar surface area (TPSA) is 15.3 Å². The van der Waals surface area contributed by atoms with Gasteiger partial charge >= 0.3 is 0 Å². The second-order valence-electron chi connectivity index (χ2n) is 5.92. The van der Waals surface area contributed by atoms with E-state index in [0.717, 1.165) is 19.0 Å². The predicted molar refractivity (Wildman–Crippen MR) is 82.3 cm³/mol. The van der Waals surface area contributed by atoms with Gasteiger partial charge in [0.05, 0.1) is 0 Å². The Kier molecular flexibility index (Phi) is 5.41. The second kappa shape index (κ2) is 7.06. The van der Waals surface area contributed by atoms with Crippen LogP contribution in [0.5, 0.6) is 0 Å². The summed E-state index contributed by atoms with van der Waals surface area (Å²) in [6.45, 7) is 6.77. The van der Waals surface area contributed by atoms with Crippen LogP contribution in [0.3, 0.4) is 0 Å². The van der Waals surface area contributed by atoms with E-state index >= 15 is 0 Å². The maximum absolute atomic E-state index is 3.77. The second-order valence-corrected chi connectivity index (χ2v) is 5.92. The standard InChI is InChI=1S/C17H28N2/c1-4-14(2)19(3)13-12-18-17(16-10-11-16)15-8-6-5-7-9-15/h5-9,14,16-18H,4,10-13H2,1-3H3. The first-order chi connectivity index (χ1) is 9.22. The smallest absolute Gasteiger partial charge is 0.0349 e. The van der Waals surface area contributed by atoms with Crippen molar-refractivity contribution >= 4 is 0 Å². The fourth-order valence-corrected chi connectivity index (χ4v) is 2.58. The molecule has 1 aromatic rings. The third kappa shape index (κ3) is 4.32. The first kappa shape index (κ1) is 14.5. The van der Waals surface area contributed by atoms with Gasteiger partial charge in [-0.2, -0.15) is 0 Å². The highest BCUT2D eigenvalue weighted by Gasteiger charge is 2.31. The van der Waals surface area contributed by atoms with E-state index in [9.17, 15) is 0 Å². The van der Waals surface area contributed by atoms with Crippen LogP contribution in [0, 0.1) is 5.92 Å². The molecular weight excluding hydrogens is 232 g/mol. The van der Waals surface area contributed by atoms with E-state index in [-0.39, 0.29) is 0 Å². The summed E-state index contributed by atoms with van der Waals surface area (Å²) in [5.74, 6) is 0.858. The third-order valence-corrected chi connectivity index (χ3v) is 4.42. The van der Waals surface area contributed by atoms with Crippen molar-refractivity contribution in [2.75, 3.05) is 20.1 Å². The van der Waals surface area contributed by atoms with Crippen LogP contribution in [-0.4, -0.2) is 31.1 Å². The molecule has 2 atom stereocenters. The summed E-state index contributed by atoms with van der Waals surface area (Å²) >= 11 is 0. The van der Waals surface area contributed by atoms with Crippen LogP contribution < -0.4 is 5.32 Å². The molecule has 106 valence electrons. The number of rotatable bonds is 8. The summed E-state index contributed by atoms with van der Waals surface area (Å²) in [5.41, 5.74) is 1.45. The minimum Gasteiger partial charge on any atom is -0.308 e. The van der Waals surface area contributed by atoms with E-state index < -0.39 is 0 Å². The fourth-order valence-electron chi connectivity index (χ4n) is 2.58. The average Bonchev–Trinajstić information content (AvgIpc) is 3.28. The zero-order chi connectivity index (χ0) is 13.7. The summed E-state index contributed by atoms with van der Waals surface area (Å²) in [6, 6.07) is 12.2. The van der Waals surface area contributed by atoms with Crippen LogP contribution in [0.15, 0.2) is 30.3 Å². The van der Waals surface area contributed by atoms with Crippen molar-refractivity contribution in [1.82, 2.24) is 10.2 Å². The molecule has 19 heavy (non-hydrogen) atoms. The Balaban J connectivity index is 1.82. The molecule has 2 heteroatoms. The van der Waals surface area contributed by atoms with E-state index in [1.807, 2.05) is 0 Å². The quantitative estimate of drug-likeness (QED) is 0.770. The van der Waals surface area contributed by atoms with Gasteiger partial charge in [-0.25, -0.2) is 0 Å². The number of benzene rings is 1. The summed E-state index contributed by atoms with van der Waals surface area (Å²) in [5, 5.41) is 3.77. The van der Waals surface area contributed by atoms with Crippen molar-refractivity contribution in [1.29, 1.82) is 0 Å². The van der Waals surface area contributed by atoms with E-state index in [0.29, 0.717) is 12.1 Å². The molecule has 1 aliphatic carbocycles. The van der Waals surface area contributed by atoms with Crippen molar-refractivity contribution in [3.05, 3.63) is 35.9 Å². The molecule has 0 heterocycles. The van der Waals surface area contributed by atoms with Gasteiger partial charge < -0.3 is 10.2 Å². The van der Waals surface area contributed by atoms with Crippen molar-refractivity contribution in [2.24, 2.45) is 5.92 Å². The lowest BCUT2D eigenvalue weighted by molar-refractivity contribution is 0.246. The summed E-state index contributed by atoms with van der Waals surface area (Å²) in [6.07, 6.45) is 3.99. The molecule has 2 nitrogen and oxygen atoms in total. The van der Waals surface area contributed by atoms with E-state index in [1.54, 1.807) is 0 Å². The maximum atomic E-state index is 3.77. The molecule has 1 aromatic carbocycles. The van der Waals surface area contributed by atoms with Gasteiger partial charge in [-0.1, -0.05) is 37.3 Å². The molecule has 0 aromatic heterocycles. The number of nitrogens with one attached hydrogen (secondary N) is 1. The molecule has 0 bridgehead atoms. The van der Waals surface area contributed by atoms with Crippen molar-refractivity contribution in [3.63, 3.8) is 0 Å². The largest absolute Gasteiger partial charge is 0.308 e. The minimum absolute atomic E-state index is 0.562. The lowest BCUT2D eigenvalue weighted by Gasteiger charge is -2.25. The van der Waals surface area contributed by atoms with Gasteiger partial charge in [0.15, 0.2) is 0 Å². The van der Waals surface area contributed by atoms with Crippen molar-refractivity contribution in [2.45, 2.75) is 45.2 Å². The maximum Gasteiger partial charge on any atom is 0.0349 e. The molecule has 1 N–H and O–H groups in total. The van der Waals surface area contributed by atoms with Crippen LogP contribution in [0.1, 0.15) is 44.7 Å². The number of nitrogens with zero attached hydrogens (tertiary/aromatic N) is 1. The van der Waals surface area contributed by atoms with Crippen LogP contribution in [0.25, 0.3) is 0 Å². The minimum atomic E-state index is 0.562. The lowest BCUT2D eigenvalue weighted by atomic mass is 10.0. The molecule has 1 fully saturated rings.